The van der Waals surface area contributed by atoms with E-state index in [-0.39, 0.29) is 0 Å². The van der Waals surface area contributed by atoms with Crippen LogP contribution in [-0.2, 0) is 5.92 Å². The normalized spacial score (nSPS) is 12.7. The van der Waals surface area contributed by atoms with Crippen LogP contribution in [0.2, 0.25) is 0 Å². The van der Waals surface area contributed by atoms with Gasteiger partial charge in [0.15, 0.2) is 0 Å². The van der Waals surface area contributed by atoms with E-state index in [1.807, 2.05) is 42.1 Å². The second kappa shape index (κ2) is 6.69. The van der Waals surface area contributed by atoms with Crippen molar-refractivity contribution in [3.63, 3.8) is 0 Å². The molecule has 0 amide bonds. The number of aromatic nitrogens is 3. The van der Waals surface area contributed by atoms with E-state index in [1.165, 1.54) is 0 Å². The molecule has 0 saturated heterocycles. The summed E-state index contributed by atoms with van der Waals surface area (Å²) in [6, 6.07) is 11.6. The van der Waals surface area contributed by atoms with E-state index in [9.17, 15) is 22.0 Å². The number of benzene rings is 2. The number of fused-ring (bicyclic) bond motifs is 1. The molecule has 0 saturated carbocycles. The molecule has 0 aliphatic heterocycles. The molecule has 0 N–H and O–H groups in total. The molecule has 2 aromatic carbocycles. The number of nitrogens with zero attached hydrogens (tertiary/aromatic N) is 3. The summed E-state index contributed by atoms with van der Waals surface area (Å²) >= 11 is 3.51. The topological polar surface area (TPSA) is 22.8 Å². The van der Waals surface area contributed by atoms with Crippen molar-refractivity contribution in [1.82, 2.24) is 14.3 Å². The fraction of sp³-hybridized carbons (Fsp3) is 0.150. The monoisotopic (exact) mass is 469 g/mol. The number of alkyl halides is 5. The first-order valence-corrected chi connectivity index (χ1v) is 9.25. The first-order chi connectivity index (χ1) is 13.6. The van der Waals surface area contributed by atoms with Crippen LogP contribution >= 0.6 is 15.9 Å². The Hall–Kier alpha value is -2.68. The molecule has 0 aliphatic carbocycles. The average Bonchev–Trinajstić information content (AvgIpc) is 3.29. The zero-order chi connectivity index (χ0) is 21.0. The van der Waals surface area contributed by atoms with E-state index >= 15 is 0 Å². The highest BCUT2D eigenvalue weighted by Gasteiger charge is 2.60. The lowest BCUT2D eigenvalue weighted by Gasteiger charge is -2.17. The maximum Gasteiger partial charge on any atom is 0.459 e. The molecular weight excluding hydrogens is 457 g/mol. The smallest absolute Gasteiger partial charge is 0.322 e. The lowest BCUT2D eigenvalue weighted by molar-refractivity contribution is -0.291. The third kappa shape index (κ3) is 3.33. The van der Waals surface area contributed by atoms with E-state index in [0.29, 0.717) is 11.8 Å². The van der Waals surface area contributed by atoms with Gasteiger partial charge in [-0.05, 0) is 42.8 Å². The molecule has 0 aliphatic rings. The minimum Gasteiger partial charge on any atom is -0.322 e. The largest absolute Gasteiger partial charge is 0.459 e. The molecule has 0 unspecified atom stereocenters. The lowest BCUT2D eigenvalue weighted by atomic mass is 10.2. The highest BCUT2D eigenvalue weighted by molar-refractivity contribution is 9.10. The molecule has 9 heteroatoms. The molecule has 4 aromatic rings. The summed E-state index contributed by atoms with van der Waals surface area (Å²) in [5.41, 5.74) is 0.699. The summed E-state index contributed by atoms with van der Waals surface area (Å²) in [6.07, 6.45) is -0.698. The quantitative estimate of drug-likeness (QED) is 0.312. The van der Waals surface area contributed by atoms with Gasteiger partial charge in [0.2, 0.25) is 0 Å². The van der Waals surface area contributed by atoms with Gasteiger partial charge < -0.3 is 4.57 Å². The number of rotatable bonds is 3. The van der Waals surface area contributed by atoms with Gasteiger partial charge in [-0.2, -0.15) is 27.1 Å². The average molecular weight is 470 g/mol. The first-order valence-electron chi connectivity index (χ1n) is 8.46. The summed E-state index contributed by atoms with van der Waals surface area (Å²) in [5.74, 6) is -5.01. The van der Waals surface area contributed by atoms with E-state index in [0.717, 1.165) is 37.4 Å². The van der Waals surface area contributed by atoms with Gasteiger partial charge in [-0.25, -0.2) is 4.68 Å². The molecule has 2 aromatic heterocycles. The molecule has 0 atom stereocenters. The molecule has 2 heterocycles. The van der Waals surface area contributed by atoms with Crippen LogP contribution in [0.15, 0.2) is 65.5 Å². The van der Waals surface area contributed by atoms with Gasteiger partial charge >= 0.3 is 12.1 Å². The minimum atomic E-state index is -5.70. The highest BCUT2D eigenvalue weighted by atomic mass is 79.9. The van der Waals surface area contributed by atoms with E-state index in [2.05, 4.69) is 21.0 Å². The Morgan fingerprint density at radius 2 is 1.72 bits per heavy atom. The molecule has 0 spiro atoms. The Labute approximate surface area is 170 Å². The van der Waals surface area contributed by atoms with Crippen LogP contribution in [0.1, 0.15) is 11.3 Å². The molecule has 0 radical (unpaired) electrons. The minimum absolute atomic E-state index is 0.383. The number of aryl methyl sites for hydroxylation is 1. The fourth-order valence-corrected chi connectivity index (χ4v) is 3.60. The van der Waals surface area contributed by atoms with Gasteiger partial charge in [0, 0.05) is 39.5 Å². The Balaban J connectivity index is 1.70. The Kier molecular flexibility index (Phi) is 4.53. The number of halogens is 6. The number of hydrogen-bond acceptors (Lipinski definition) is 1. The maximum absolute atomic E-state index is 13.5. The third-order valence-electron chi connectivity index (χ3n) is 4.62. The zero-order valence-corrected chi connectivity index (χ0v) is 16.5. The van der Waals surface area contributed by atoms with Crippen molar-refractivity contribution >= 4 is 26.7 Å². The van der Waals surface area contributed by atoms with Crippen LogP contribution in [0.5, 0.6) is 0 Å². The van der Waals surface area contributed by atoms with Gasteiger partial charge in [-0.3, -0.25) is 0 Å². The van der Waals surface area contributed by atoms with Crippen molar-refractivity contribution in [2.75, 3.05) is 0 Å². The van der Waals surface area contributed by atoms with Gasteiger partial charge in [0.1, 0.15) is 5.69 Å². The Bertz CT molecular complexity index is 1210. The summed E-state index contributed by atoms with van der Waals surface area (Å²) < 4.78 is 68.5. The summed E-state index contributed by atoms with van der Waals surface area (Å²) in [6.45, 7) is 1.83. The van der Waals surface area contributed by atoms with Crippen LogP contribution < -0.4 is 0 Å². The third-order valence-corrected chi connectivity index (χ3v) is 5.31. The van der Waals surface area contributed by atoms with Gasteiger partial charge in [-0.15, -0.1) is 0 Å². The van der Waals surface area contributed by atoms with Gasteiger partial charge in [0.25, 0.3) is 0 Å². The predicted octanol–water partition coefficient (Wildman–Crippen LogP) is 6.54. The van der Waals surface area contributed by atoms with Crippen LogP contribution in [0.3, 0.4) is 0 Å². The highest BCUT2D eigenvalue weighted by Crippen LogP contribution is 2.43. The predicted molar refractivity (Wildman–Crippen MR) is 103 cm³/mol. The van der Waals surface area contributed by atoms with E-state index < -0.39 is 17.8 Å². The summed E-state index contributed by atoms with van der Waals surface area (Å²) in [7, 11) is 0. The van der Waals surface area contributed by atoms with Crippen molar-refractivity contribution < 1.29 is 22.0 Å². The molecule has 29 heavy (non-hydrogen) atoms. The Morgan fingerprint density at radius 1 is 0.966 bits per heavy atom. The van der Waals surface area contributed by atoms with Crippen LogP contribution in [0.4, 0.5) is 22.0 Å². The molecular formula is C20H13BrF5N3. The van der Waals surface area contributed by atoms with Crippen LogP contribution in [-0.4, -0.2) is 20.5 Å². The fourth-order valence-electron chi connectivity index (χ4n) is 3.12. The van der Waals surface area contributed by atoms with Crippen molar-refractivity contribution in [3.05, 3.63) is 76.8 Å². The van der Waals surface area contributed by atoms with Gasteiger partial charge in [0.05, 0.1) is 5.69 Å². The summed E-state index contributed by atoms with van der Waals surface area (Å²) in [5, 5.41) is 5.51. The van der Waals surface area contributed by atoms with Crippen molar-refractivity contribution in [2.24, 2.45) is 0 Å². The van der Waals surface area contributed by atoms with Crippen molar-refractivity contribution in [1.29, 1.82) is 0 Å². The zero-order valence-electron chi connectivity index (χ0n) is 14.9. The number of hydrogen-bond donors (Lipinski definition) is 0. The standard InChI is InChI=1S/C20H13BrF5N3/c1-12-9-14(29-8-7-18(27-29)19(22,23)20(24,25)26)5-6-17(12)28-10-13-3-2-4-16(21)15(13)11-28/h2-11H,1H3. The second-order valence-corrected chi connectivity index (χ2v) is 7.45. The molecule has 150 valence electrons. The first kappa shape index (κ1) is 19.6. The Morgan fingerprint density at radius 3 is 2.38 bits per heavy atom. The maximum atomic E-state index is 13.5. The van der Waals surface area contributed by atoms with Crippen molar-refractivity contribution in [3.8, 4) is 11.4 Å². The molecule has 0 bridgehead atoms. The molecule has 0 fully saturated rings. The molecule has 3 nitrogen and oxygen atoms in total. The summed E-state index contributed by atoms with van der Waals surface area (Å²) in [4.78, 5) is 0. The SMILES string of the molecule is Cc1cc(-n2ccc(C(F)(F)C(F)(F)F)n2)ccc1-n1cc2cccc(Br)c2c1. The van der Waals surface area contributed by atoms with Crippen LogP contribution in [0, 0.1) is 6.92 Å². The van der Waals surface area contributed by atoms with Crippen molar-refractivity contribution in [2.45, 2.75) is 19.0 Å². The lowest BCUT2D eigenvalue weighted by Crippen LogP contribution is -2.34. The second-order valence-electron chi connectivity index (χ2n) is 6.60. The van der Waals surface area contributed by atoms with E-state index in [4.69, 9.17) is 0 Å². The molecule has 4 rings (SSSR count). The van der Waals surface area contributed by atoms with E-state index in [1.54, 1.807) is 18.2 Å². The van der Waals surface area contributed by atoms with Crippen LogP contribution in [0.25, 0.3) is 22.1 Å². The van der Waals surface area contributed by atoms with Gasteiger partial charge in [-0.1, -0.05) is 28.1 Å².